The van der Waals surface area contributed by atoms with Gasteiger partial charge in [0, 0.05) is 50.1 Å². The lowest BCUT2D eigenvalue weighted by molar-refractivity contribution is -0.130. The Morgan fingerprint density at radius 3 is 2.62 bits per heavy atom. The fourth-order valence-electron chi connectivity index (χ4n) is 3.78. The molecule has 0 saturated carbocycles. The molecular weight excluding hydrogens is 306 g/mol. The van der Waals surface area contributed by atoms with Gasteiger partial charge in [0.1, 0.15) is 0 Å². The van der Waals surface area contributed by atoms with Gasteiger partial charge in [0.05, 0.1) is 6.54 Å². The van der Waals surface area contributed by atoms with Crippen molar-refractivity contribution in [2.45, 2.75) is 37.8 Å². The largest absolute Gasteiger partial charge is 0.340 e. The highest BCUT2D eigenvalue weighted by molar-refractivity contribution is 5.79. The number of carbonyl (C=O) groups excluding carboxylic acids is 1. The van der Waals surface area contributed by atoms with E-state index >= 15 is 0 Å². The number of amides is 1. The first-order chi connectivity index (χ1) is 11.7. The van der Waals surface area contributed by atoms with Crippen molar-refractivity contribution in [1.82, 2.24) is 24.9 Å². The number of pyridine rings is 1. The van der Waals surface area contributed by atoms with Crippen molar-refractivity contribution in [3.8, 4) is 11.4 Å². The third-order valence-electron chi connectivity index (χ3n) is 5.44. The van der Waals surface area contributed by atoms with Gasteiger partial charge in [0.25, 0.3) is 0 Å². The van der Waals surface area contributed by atoms with Crippen LogP contribution in [0.25, 0.3) is 11.4 Å². The van der Waals surface area contributed by atoms with Crippen LogP contribution in [0.1, 0.15) is 31.6 Å². The van der Waals surface area contributed by atoms with Gasteiger partial charge in [-0.15, -0.1) is 0 Å². The summed E-state index contributed by atoms with van der Waals surface area (Å²) in [5.74, 6) is 1.51. The summed E-state index contributed by atoms with van der Waals surface area (Å²) in [6, 6.07) is 3.73. The van der Waals surface area contributed by atoms with Gasteiger partial charge in [-0.3, -0.25) is 14.7 Å². The number of hydrogen-bond donors (Lipinski definition) is 0. The van der Waals surface area contributed by atoms with E-state index in [9.17, 15) is 4.79 Å². The van der Waals surface area contributed by atoms with E-state index in [1.807, 2.05) is 24.1 Å². The summed E-state index contributed by atoms with van der Waals surface area (Å²) in [4.78, 5) is 24.6. The van der Waals surface area contributed by atoms with Crippen LogP contribution in [0.2, 0.25) is 0 Å². The van der Waals surface area contributed by atoms with E-state index in [1.54, 1.807) is 12.4 Å². The van der Waals surface area contributed by atoms with Crippen LogP contribution in [0.3, 0.4) is 0 Å². The fourth-order valence-corrected chi connectivity index (χ4v) is 3.78. The maximum Gasteiger partial charge on any atom is 0.241 e. The minimum absolute atomic E-state index is 0.0740. The molecule has 24 heavy (non-hydrogen) atoms. The maximum atomic E-state index is 11.8. The van der Waals surface area contributed by atoms with Crippen molar-refractivity contribution in [1.29, 1.82) is 0 Å². The van der Waals surface area contributed by atoms with Crippen molar-refractivity contribution in [2.24, 2.45) is 0 Å². The molecule has 7 heteroatoms. The molecule has 0 unspecified atom stereocenters. The zero-order valence-electron chi connectivity index (χ0n) is 13.8. The van der Waals surface area contributed by atoms with Crippen LogP contribution in [0, 0.1) is 0 Å². The van der Waals surface area contributed by atoms with Gasteiger partial charge in [-0.2, -0.15) is 4.98 Å². The molecule has 2 aliphatic heterocycles. The highest BCUT2D eigenvalue weighted by Gasteiger charge is 2.44. The van der Waals surface area contributed by atoms with Crippen molar-refractivity contribution >= 4 is 5.91 Å². The number of rotatable bonds is 3. The second kappa shape index (κ2) is 5.98. The monoisotopic (exact) mass is 327 g/mol. The Morgan fingerprint density at radius 1 is 1.21 bits per heavy atom. The Kier molecular flexibility index (Phi) is 3.80. The first-order valence-corrected chi connectivity index (χ1v) is 8.38. The molecule has 1 amide bonds. The van der Waals surface area contributed by atoms with Crippen molar-refractivity contribution in [2.75, 3.05) is 20.1 Å². The molecule has 2 saturated heterocycles. The van der Waals surface area contributed by atoms with Crippen LogP contribution in [0.5, 0.6) is 0 Å². The quantitative estimate of drug-likeness (QED) is 0.854. The smallest absolute Gasteiger partial charge is 0.241 e. The Morgan fingerprint density at radius 2 is 1.96 bits per heavy atom. The molecule has 4 rings (SSSR count). The number of carbonyl (C=O) groups is 1. The molecule has 2 aromatic rings. The van der Waals surface area contributed by atoms with Gasteiger partial charge in [0.15, 0.2) is 0 Å². The van der Waals surface area contributed by atoms with Crippen LogP contribution >= 0.6 is 0 Å². The van der Waals surface area contributed by atoms with Gasteiger partial charge in [-0.25, -0.2) is 0 Å². The van der Waals surface area contributed by atoms with E-state index < -0.39 is 0 Å². The Bertz CT molecular complexity index is 722. The second-order valence-corrected chi connectivity index (χ2v) is 6.70. The van der Waals surface area contributed by atoms with E-state index in [4.69, 9.17) is 4.52 Å². The summed E-state index contributed by atoms with van der Waals surface area (Å²) in [5, 5.41) is 4.05. The first kappa shape index (κ1) is 15.3. The molecule has 0 N–H and O–H groups in total. The predicted octanol–water partition coefficient (Wildman–Crippen LogP) is 1.72. The van der Waals surface area contributed by atoms with E-state index in [0.717, 1.165) is 37.9 Å². The molecule has 0 bridgehead atoms. The zero-order chi connectivity index (χ0) is 16.6. The molecule has 4 heterocycles. The highest BCUT2D eigenvalue weighted by Crippen LogP contribution is 2.38. The lowest BCUT2D eigenvalue weighted by Crippen LogP contribution is -2.51. The molecule has 0 aromatic carbocycles. The summed E-state index contributed by atoms with van der Waals surface area (Å²) in [5.41, 5.74) is 0.980. The van der Waals surface area contributed by atoms with Gasteiger partial charge >= 0.3 is 0 Å². The maximum absolute atomic E-state index is 11.8. The molecule has 7 nitrogen and oxygen atoms in total. The molecule has 2 fully saturated rings. The van der Waals surface area contributed by atoms with Gasteiger partial charge in [0.2, 0.25) is 17.6 Å². The number of piperidine rings is 1. The van der Waals surface area contributed by atoms with Crippen molar-refractivity contribution in [3.63, 3.8) is 0 Å². The molecule has 126 valence electrons. The normalized spacial score (nSPS) is 20.9. The average molecular weight is 327 g/mol. The van der Waals surface area contributed by atoms with Crippen molar-refractivity contribution < 1.29 is 9.32 Å². The Labute approximate surface area is 140 Å². The van der Waals surface area contributed by atoms with E-state index in [-0.39, 0.29) is 11.4 Å². The standard InChI is InChI=1S/C17H21N5O2/c1-21-15(23)2-5-17(21)6-10-22(11-7-17)12-14-19-16(20-24-14)13-3-8-18-9-4-13/h3-4,8-9H,2,5-7,10-12H2,1H3. The molecule has 2 aromatic heterocycles. The van der Waals surface area contributed by atoms with E-state index in [2.05, 4.69) is 20.0 Å². The summed E-state index contributed by atoms with van der Waals surface area (Å²) in [6.07, 6.45) is 7.14. The minimum atomic E-state index is 0.0740. The fraction of sp³-hybridized carbons (Fsp3) is 0.529. The topological polar surface area (TPSA) is 75.4 Å². The molecule has 1 spiro atoms. The number of likely N-dealkylation sites (tertiary alicyclic amines) is 2. The van der Waals surface area contributed by atoms with Crippen LogP contribution in [0.4, 0.5) is 0 Å². The number of nitrogens with zero attached hydrogens (tertiary/aromatic N) is 5. The molecule has 2 aliphatic rings. The lowest BCUT2D eigenvalue weighted by atomic mass is 9.85. The highest BCUT2D eigenvalue weighted by atomic mass is 16.5. The molecular formula is C17H21N5O2. The minimum Gasteiger partial charge on any atom is -0.340 e. The first-order valence-electron chi connectivity index (χ1n) is 8.38. The van der Waals surface area contributed by atoms with Gasteiger partial charge in [-0.1, -0.05) is 5.16 Å². The summed E-state index contributed by atoms with van der Waals surface area (Å²) in [7, 11) is 1.95. The third kappa shape index (κ3) is 2.69. The Hall–Kier alpha value is -2.28. The second-order valence-electron chi connectivity index (χ2n) is 6.70. The van der Waals surface area contributed by atoms with E-state index in [1.165, 1.54) is 0 Å². The molecule has 0 aliphatic carbocycles. The Balaban J connectivity index is 1.38. The van der Waals surface area contributed by atoms with Crippen LogP contribution in [-0.4, -0.2) is 56.5 Å². The molecule has 0 atom stereocenters. The number of hydrogen-bond acceptors (Lipinski definition) is 6. The zero-order valence-corrected chi connectivity index (χ0v) is 13.8. The van der Waals surface area contributed by atoms with E-state index in [0.29, 0.717) is 24.7 Å². The average Bonchev–Trinajstić information content (AvgIpc) is 3.19. The summed E-state index contributed by atoms with van der Waals surface area (Å²) < 4.78 is 5.39. The van der Waals surface area contributed by atoms with Crippen molar-refractivity contribution in [3.05, 3.63) is 30.4 Å². The number of aromatic nitrogens is 3. The SMILES string of the molecule is CN1C(=O)CCC12CCN(Cc1nc(-c3ccncc3)no1)CC2. The summed E-state index contributed by atoms with van der Waals surface area (Å²) >= 11 is 0. The molecule has 0 radical (unpaired) electrons. The van der Waals surface area contributed by atoms with Gasteiger partial charge < -0.3 is 9.42 Å². The third-order valence-corrected chi connectivity index (χ3v) is 5.44. The summed E-state index contributed by atoms with van der Waals surface area (Å²) in [6.45, 7) is 2.56. The van der Waals surface area contributed by atoms with Gasteiger partial charge in [-0.05, 0) is 31.4 Å². The lowest BCUT2D eigenvalue weighted by Gasteiger charge is -2.43. The van der Waals surface area contributed by atoms with Crippen LogP contribution in [0.15, 0.2) is 29.0 Å². The predicted molar refractivity (Wildman–Crippen MR) is 86.8 cm³/mol. The van der Waals surface area contributed by atoms with Crippen LogP contribution < -0.4 is 0 Å². The van der Waals surface area contributed by atoms with Crippen LogP contribution in [-0.2, 0) is 11.3 Å².